The first-order chi connectivity index (χ1) is 11.3. The molecule has 0 aliphatic carbocycles. The van der Waals surface area contributed by atoms with Gasteiger partial charge in [-0.05, 0) is 55.4 Å². The van der Waals surface area contributed by atoms with Crippen LogP contribution in [0.3, 0.4) is 0 Å². The molecule has 0 bridgehead atoms. The van der Waals surface area contributed by atoms with Crippen LogP contribution in [-0.2, 0) is 6.42 Å². The van der Waals surface area contributed by atoms with Crippen molar-refractivity contribution in [2.75, 3.05) is 5.32 Å². The number of hydrogen-bond acceptors (Lipinski definition) is 4. The van der Waals surface area contributed by atoms with Crippen molar-refractivity contribution in [3.8, 4) is 0 Å². The minimum atomic E-state index is -0.523. The van der Waals surface area contributed by atoms with Crippen LogP contribution in [0.15, 0.2) is 24.3 Å². The Bertz CT molecular complexity index is 800. The molecule has 24 heavy (non-hydrogen) atoms. The predicted octanol–water partition coefficient (Wildman–Crippen LogP) is 3.50. The number of carbonyl (C=O) groups is 2. The van der Waals surface area contributed by atoms with Crippen LogP contribution in [0.25, 0.3) is 0 Å². The van der Waals surface area contributed by atoms with Gasteiger partial charge in [0.1, 0.15) is 5.00 Å². The second-order valence-electron chi connectivity index (χ2n) is 4.97. The summed E-state index contributed by atoms with van der Waals surface area (Å²) in [5.41, 5.74) is 7.21. The number of thiocarbonyl (C=S) groups is 1. The molecule has 0 atom stereocenters. The molecule has 2 aromatic rings. The van der Waals surface area contributed by atoms with Crippen LogP contribution < -0.4 is 16.4 Å². The molecule has 5 nitrogen and oxygen atoms in total. The van der Waals surface area contributed by atoms with Crippen molar-refractivity contribution in [1.29, 1.82) is 0 Å². The molecule has 1 aromatic carbocycles. The molecule has 0 radical (unpaired) electrons. The third kappa shape index (κ3) is 4.11. The summed E-state index contributed by atoms with van der Waals surface area (Å²) in [4.78, 5) is 24.8. The molecule has 4 N–H and O–H groups in total. The van der Waals surface area contributed by atoms with Crippen LogP contribution in [0, 0.1) is 6.92 Å². The number of carbonyl (C=O) groups excluding carboxylic acids is 2. The zero-order valence-electron chi connectivity index (χ0n) is 13.1. The van der Waals surface area contributed by atoms with Gasteiger partial charge in [0.2, 0.25) is 0 Å². The van der Waals surface area contributed by atoms with E-state index in [4.69, 9.17) is 29.6 Å². The monoisotopic (exact) mass is 381 g/mol. The number of rotatable bonds is 4. The molecule has 0 spiro atoms. The van der Waals surface area contributed by atoms with Gasteiger partial charge in [0.15, 0.2) is 5.11 Å². The van der Waals surface area contributed by atoms with Crippen LogP contribution in [-0.4, -0.2) is 16.9 Å². The summed E-state index contributed by atoms with van der Waals surface area (Å²) in [5, 5.41) is 6.64. The van der Waals surface area contributed by atoms with Crippen LogP contribution in [0.4, 0.5) is 5.00 Å². The predicted molar refractivity (Wildman–Crippen MR) is 102 cm³/mol. The topological polar surface area (TPSA) is 84.2 Å². The van der Waals surface area contributed by atoms with Crippen LogP contribution in [0.5, 0.6) is 0 Å². The van der Waals surface area contributed by atoms with Crippen molar-refractivity contribution in [2.45, 2.75) is 20.3 Å². The number of halogens is 1. The fourth-order valence-corrected chi connectivity index (χ4v) is 3.80. The summed E-state index contributed by atoms with van der Waals surface area (Å²) in [7, 11) is 0. The lowest BCUT2D eigenvalue weighted by Gasteiger charge is -2.09. The fraction of sp³-hybridized carbons (Fsp3) is 0.188. The summed E-state index contributed by atoms with van der Waals surface area (Å²) in [6, 6.07) is 6.43. The first kappa shape index (κ1) is 18.4. The molecule has 0 aliphatic rings. The first-order valence-corrected chi connectivity index (χ1v) is 8.73. The Kier molecular flexibility index (Phi) is 5.93. The zero-order valence-corrected chi connectivity index (χ0v) is 15.5. The number of nitrogens with one attached hydrogen (secondary N) is 2. The van der Waals surface area contributed by atoms with E-state index in [1.54, 1.807) is 24.3 Å². The Morgan fingerprint density at radius 1 is 1.29 bits per heavy atom. The Balaban J connectivity index is 2.14. The highest BCUT2D eigenvalue weighted by atomic mass is 35.5. The average molecular weight is 382 g/mol. The highest BCUT2D eigenvalue weighted by molar-refractivity contribution is 7.80. The number of anilines is 1. The third-order valence-electron chi connectivity index (χ3n) is 3.37. The van der Waals surface area contributed by atoms with E-state index < -0.39 is 5.91 Å². The number of benzene rings is 1. The molecule has 126 valence electrons. The molecule has 0 saturated carbocycles. The molecule has 0 saturated heterocycles. The molecule has 2 rings (SSSR count). The molecular formula is C16H16ClN3O2S2. The Labute approximate surface area is 154 Å². The maximum atomic E-state index is 12.1. The molecule has 0 aliphatic heterocycles. The van der Waals surface area contributed by atoms with Gasteiger partial charge in [0.25, 0.3) is 11.8 Å². The van der Waals surface area contributed by atoms with Gasteiger partial charge in [-0.3, -0.25) is 14.9 Å². The van der Waals surface area contributed by atoms with E-state index in [1.165, 1.54) is 11.3 Å². The minimum Gasteiger partial charge on any atom is -0.365 e. The Morgan fingerprint density at radius 2 is 1.92 bits per heavy atom. The largest absolute Gasteiger partial charge is 0.365 e. The van der Waals surface area contributed by atoms with Gasteiger partial charge in [-0.15, -0.1) is 11.3 Å². The SMILES string of the molecule is CCc1c(C)sc(NC(=S)NC(=O)c2ccc(Cl)cc2)c1C(N)=O. The molecule has 2 amide bonds. The van der Waals surface area contributed by atoms with E-state index in [0.29, 0.717) is 27.6 Å². The second kappa shape index (κ2) is 7.74. The van der Waals surface area contributed by atoms with Crippen LogP contribution in [0.1, 0.15) is 38.1 Å². The number of thiophene rings is 1. The van der Waals surface area contributed by atoms with E-state index in [-0.39, 0.29) is 11.0 Å². The lowest BCUT2D eigenvalue weighted by Crippen LogP contribution is -2.34. The molecule has 8 heteroatoms. The number of nitrogens with two attached hydrogens (primary N) is 1. The van der Waals surface area contributed by atoms with E-state index in [2.05, 4.69) is 10.6 Å². The number of amides is 2. The van der Waals surface area contributed by atoms with E-state index in [1.807, 2.05) is 13.8 Å². The number of primary amides is 1. The smallest absolute Gasteiger partial charge is 0.257 e. The van der Waals surface area contributed by atoms with Crippen molar-refractivity contribution >= 4 is 57.1 Å². The highest BCUT2D eigenvalue weighted by Gasteiger charge is 2.20. The van der Waals surface area contributed by atoms with Crippen LogP contribution >= 0.6 is 35.2 Å². The van der Waals surface area contributed by atoms with Crippen molar-refractivity contribution < 1.29 is 9.59 Å². The number of hydrogen-bond donors (Lipinski definition) is 3. The lowest BCUT2D eigenvalue weighted by molar-refractivity contribution is 0.0975. The maximum Gasteiger partial charge on any atom is 0.257 e. The van der Waals surface area contributed by atoms with Crippen LogP contribution in [0.2, 0.25) is 5.02 Å². The Hall–Kier alpha value is -1.96. The summed E-state index contributed by atoms with van der Waals surface area (Å²) in [6.07, 6.45) is 0.687. The van der Waals surface area contributed by atoms with E-state index in [9.17, 15) is 9.59 Å². The minimum absolute atomic E-state index is 0.0985. The van der Waals surface area contributed by atoms with Gasteiger partial charge in [0.05, 0.1) is 5.56 Å². The summed E-state index contributed by atoms with van der Waals surface area (Å²) in [5.74, 6) is -0.890. The van der Waals surface area contributed by atoms with Crippen molar-refractivity contribution in [3.63, 3.8) is 0 Å². The maximum absolute atomic E-state index is 12.1. The average Bonchev–Trinajstić information content (AvgIpc) is 2.82. The summed E-state index contributed by atoms with van der Waals surface area (Å²) < 4.78 is 0. The normalized spacial score (nSPS) is 10.3. The van der Waals surface area contributed by atoms with Gasteiger partial charge in [-0.2, -0.15) is 0 Å². The second-order valence-corrected chi connectivity index (χ2v) is 7.04. The third-order valence-corrected chi connectivity index (χ3v) is 4.89. The molecule has 1 heterocycles. The van der Waals surface area contributed by atoms with Gasteiger partial charge in [0, 0.05) is 15.5 Å². The molecule has 0 unspecified atom stereocenters. The van der Waals surface area contributed by atoms with Gasteiger partial charge >= 0.3 is 0 Å². The van der Waals surface area contributed by atoms with Gasteiger partial charge < -0.3 is 11.1 Å². The standard InChI is InChI=1S/C16H16ClN3O2S2/c1-3-11-8(2)24-15(12(11)13(18)21)20-16(23)19-14(22)9-4-6-10(17)7-5-9/h4-7H,3H2,1-2H3,(H2,18,21)(H2,19,20,22,23). The quantitative estimate of drug-likeness (QED) is 0.707. The highest BCUT2D eigenvalue weighted by Crippen LogP contribution is 2.33. The summed E-state index contributed by atoms with van der Waals surface area (Å²) in [6.45, 7) is 3.86. The first-order valence-electron chi connectivity index (χ1n) is 7.13. The summed E-state index contributed by atoms with van der Waals surface area (Å²) >= 11 is 12.3. The molecule has 1 aromatic heterocycles. The van der Waals surface area contributed by atoms with E-state index >= 15 is 0 Å². The van der Waals surface area contributed by atoms with Crippen molar-refractivity contribution in [3.05, 3.63) is 50.9 Å². The lowest BCUT2D eigenvalue weighted by atomic mass is 10.1. The molecule has 0 fully saturated rings. The van der Waals surface area contributed by atoms with Gasteiger partial charge in [-0.1, -0.05) is 18.5 Å². The van der Waals surface area contributed by atoms with Crippen molar-refractivity contribution in [1.82, 2.24) is 5.32 Å². The van der Waals surface area contributed by atoms with Crippen molar-refractivity contribution in [2.24, 2.45) is 5.73 Å². The number of aryl methyl sites for hydroxylation is 1. The zero-order chi connectivity index (χ0) is 17.9. The van der Waals surface area contributed by atoms with E-state index in [0.717, 1.165) is 10.4 Å². The fourth-order valence-electron chi connectivity index (χ4n) is 2.26. The molecular weight excluding hydrogens is 366 g/mol. The Morgan fingerprint density at radius 3 is 2.46 bits per heavy atom. The van der Waals surface area contributed by atoms with Gasteiger partial charge in [-0.25, -0.2) is 0 Å².